The molecule has 0 radical (unpaired) electrons. The van der Waals surface area contributed by atoms with Crippen LogP contribution in [0.5, 0.6) is 0 Å². The Morgan fingerprint density at radius 3 is 2.70 bits per heavy atom. The van der Waals surface area contributed by atoms with Gasteiger partial charge in [0.15, 0.2) is 0 Å². The molecule has 0 bridgehead atoms. The van der Waals surface area contributed by atoms with Gasteiger partial charge in [0.1, 0.15) is 0 Å². The predicted octanol–water partition coefficient (Wildman–Crippen LogP) is 0.908. The first-order chi connectivity index (χ1) is 12.8. The van der Waals surface area contributed by atoms with Gasteiger partial charge in [-0.25, -0.2) is 9.78 Å². The Labute approximate surface area is 157 Å². The Morgan fingerprint density at radius 1 is 1.26 bits per heavy atom. The van der Waals surface area contributed by atoms with Gasteiger partial charge < -0.3 is 5.11 Å². The molecular formula is C17H21N5O4S. The third-order valence-electron chi connectivity index (χ3n) is 4.50. The molecule has 0 aromatic carbocycles. The van der Waals surface area contributed by atoms with Crippen molar-refractivity contribution in [2.24, 2.45) is 5.92 Å². The minimum atomic E-state index is -3.40. The van der Waals surface area contributed by atoms with Crippen LogP contribution >= 0.6 is 0 Å². The van der Waals surface area contributed by atoms with Crippen LogP contribution in [0, 0.1) is 5.92 Å². The Bertz CT molecular complexity index is 948. The van der Waals surface area contributed by atoms with E-state index in [4.69, 9.17) is 5.11 Å². The van der Waals surface area contributed by atoms with Gasteiger partial charge in [-0.3, -0.25) is 9.97 Å². The van der Waals surface area contributed by atoms with Crippen molar-refractivity contribution in [1.29, 1.82) is 0 Å². The van der Waals surface area contributed by atoms with Crippen molar-refractivity contribution in [1.82, 2.24) is 23.6 Å². The highest BCUT2D eigenvalue weighted by molar-refractivity contribution is 7.86. The van der Waals surface area contributed by atoms with E-state index in [9.17, 15) is 13.2 Å². The predicted molar refractivity (Wildman–Crippen MR) is 98.2 cm³/mol. The van der Waals surface area contributed by atoms with Crippen LogP contribution < -0.4 is 0 Å². The molecule has 1 saturated heterocycles. The number of hydrogen-bond donors (Lipinski definition) is 1. The summed E-state index contributed by atoms with van der Waals surface area (Å²) in [5.74, 6) is -0.894. The van der Waals surface area contributed by atoms with Gasteiger partial charge in [-0.15, -0.1) is 0 Å². The molecule has 1 atom stereocenters. The molecule has 0 unspecified atom stereocenters. The Kier molecular flexibility index (Phi) is 5.49. The number of pyridine rings is 1. The highest BCUT2D eigenvalue weighted by Crippen LogP contribution is 2.24. The first-order valence-corrected chi connectivity index (χ1v) is 9.84. The highest BCUT2D eigenvalue weighted by Gasteiger charge is 2.32. The number of nitrogens with zero attached hydrogens (tertiary/aromatic N) is 5. The molecule has 10 heteroatoms. The summed E-state index contributed by atoms with van der Waals surface area (Å²) in [5.41, 5.74) is 1.94. The van der Waals surface area contributed by atoms with Gasteiger partial charge in [0.2, 0.25) is 0 Å². The summed E-state index contributed by atoms with van der Waals surface area (Å²) in [4.78, 5) is 23.8. The Balaban J connectivity index is 1.74. The SMILES string of the molecule is CN(C)S(=O)(=O)N1CC[C@H](Cc2cncc(-c3cncc(C(=O)O)c3)n2)C1. The van der Waals surface area contributed by atoms with E-state index in [1.54, 1.807) is 18.6 Å². The zero-order chi connectivity index (χ0) is 19.6. The van der Waals surface area contributed by atoms with Gasteiger partial charge in [-0.1, -0.05) is 0 Å². The maximum Gasteiger partial charge on any atom is 0.337 e. The van der Waals surface area contributed by atoms with Gasteiger partial charge in [-0.05, 0) is 24.8 Å². The van der Waals surface area contributed by atoms with Crippen LogP contribution in [0.3, 0.4) is 0 Å². The van der Waals surface area contributed by atoms with Crippen molar-refractivity contribution >= 4 is 16.2 Å². The van der Waals surface area contributed by atoms with E-state index in [-0.39, 0.29) is 11.5 Å². The molecular weight excluding hydrogens is 370 g/mol. The molecule has 1 aliphatic heterocycles. The molecule has 2 aromatic heterocycles. The van der Waals surface area contributed by atoms with Crippen LogP contribution in [0.2, 0.25) is 0 Å². The summed E-state index contributed by atoms with van der Waals surface area (Å²) >= 11 is 0. The molecule has 0 aliphatic carbocycles. The van der Waals surface area contributed by atoms with Gasteiger partial charge in [0.05, 0.1) is 23.1 Å². The molecule has 2 aromatic rings. The van der Waals surface area contributed by atoms with E-state index >= 15 is 0 Å². The molecule has 3 heterocycles. The first-order valence-electron chi connectivity index (χ1n) is 8.44. The topological polar surface area (TPSA) is 117 Å². The fourth-order valence-corrected chi connectivity index (χ4v) is 4.24. The summed E-state index contributed by atoms with van der Waals surface area (Å²) < 4.78 is 27.2. The fourth-order valence-electron chi connectivity index (χ4n) is 3.04. The number of carbonyl (C=O) groups is 1. The molecule has 27 heavy (non-hydrogen) atoms. The zero-order valence-electron chi connectivity index (χ0n) is 15.1. The summed E-state index contributed by atoms with van der Waals surface area (Å²) in [5, 5.41) is 9.10. The zero-order valence-corrected chi connectivity index (χ0v) is 15.9. The summed E-state index contributed by atoms with van der Waals surface area (Å²) in [6.45, 7) is 0.936. The van der Waals surface area contributed by atoms with E-state index in [0.29, 0.717) is 30.8 Å². The van der Waals surface area contributed by atoms with Gasteiger partial charge in [0.25, 0.3) is 10.2 Å². The lowest BCUT2D eigenvalue weighted by atomic mass is 10.0. The van der Waals surface area contributed by atoms with E-state index in [1.165, 1.54) is 35.0 Å². The maximum atomic E-state index is 12.2. The molecule has 9 nitrogen and oxygen atoms in total. The van der Waals surface area contributed by atoms with E-state index in [0.717, 1.165) is 12.1 Å². The minimum Gasteiger partial charge on any atom is -0.478 e. The molecule has 0 spiro atoms. The number of rotatable bonds is 6. The number of carboxylic acid groups (broad SMARTS) is 1. The van der Waals surface area contributed by atoms with Gasteiger partial charge >= 0.3 is 5.97 Å². The number of carboxylic acids is 1. The molecule has 1 fully saturated rings. The third kappa shape index (κ3) is 4.29. The van der Waals surface area contributed by atoms with Crippen LogP contribution in [0.15, 0.2) is 30.9 Å². The van der Waals surface area contributed by atoms with Gasteiger partial charge in [-0.2, -0.15) is 17.0 Å². The highest BCUT2D eigenvalue weighted by atomic mass is 32.2. The first kappa shape index (κ1) is 19.3. The molecule has 0 amide bonds. The summed E-state index contributed by atoms with van der Waals surface area (Å²) in [7, 11) is -0.350. The van der Waals surface area contributed by atoms with Crippen molar-refractivity contribution in [3.05, 3.63) is 42.1 Å². The van der Waals surface area contributed by atoms with Crippen molar-refractivity contribution in [3.63, 3.8) is 0 Å². The molecule has 144 valence electrons. The van der Waals surface area contributed by atoms with Crippen LogP contribution in [0.4, 0.5) is 0 Å². The third-order valence-corrected chi connectivity index (χ3v) is 6.41. The number of aromatic carboxylic acids is 1. The normalized spacial score (nSPS) is 18.1. The van der Waals surface area contributed by atoms with Crippen molar-refractivity contribution in [2.45, 2.75) is 12.8 Å². The van der Waals surface area contributed by atoms with E-state index in [1.807, 2.05) is 0 Å². The smallest absolute Gasteiger partial charge is 0.337 e. The number of hydrogen-bond acceptors (Lipinski definition) is 6. The van der Waals surface area contributed by atoms with Crippen molar-refractivity contribution in [2.75, 3.05) is 27.2 Å². The lowest BCUT2D eigenvalue weighted by molar-refractivity contribution is 0.0696. The summed E-state index contributed by atoms with van der Waals surface area (Å²) in [6.07, 6.45) is 7.40. The summed E-state index contributed by atoms with van der Waals surface area (Å²) in [6, 6.07) is 1.50. The molecule has 3 rings (SSSR count). The second kappa shape index (κ2) is 7.67. The lowest BCUT2D eigenvalue weighted by Crippen LogP contribution is -2.38. The average Bonchev–Trinajstić information content (AvgIpc) is 3.11. The van der Waals surface area contributed by atoms with Crippen LogP contribution in [-0.4, -0.2) is 70.2 Å². The quantitative estimate of drug-likeness (QED) is 0.778. The van der Waals surface area contributed by atoms with Crippen molar-refractivity contribution < 1.29 is 18.3 Å². The monoisotopic (exact) mass is 391 g/mol. The van der Waals surface area contributed by atoms with Crippen molar-refractivity contribution in [3.8, 4) is 11.3 Å². The van der Waals surface area contributed by atoms with Crippen LogP contribution in [-0.2, 0) is 16.6 Å². The molecule has 1 aliphatic rings. The Morgan fingerprint density at radius 2 is 2.00 bits per heavy atom. The average molecular weight is 391 g/mol. The largest absolute Gasteiger partial charge is 0.478 e. The Hall–Kier alpha value is -2.43. The second-order valence-corrected chi connectivity index (χ2v) is 8.81. The minimum absolute atomic E-state index is 0.0834. The number of aromatic nitrogens is 3. The fraction of sp³-hybridized carbons (Fsp3) is 0.412. The standard InChI is InChI=1S/C17H21N5O4S/c1-21(2)27(25,26)22-4-3-12(11-22)5-15-9-19-10-16(20-15)13-6-14(17(23)24)8-18-7-13/h6-10,12H,3-5,11H2,1-2H3,(H,23,24)/t12-/m1/s1. The van der Waals surface area contributed by atoms with E-state index in [2.05, 4.69) is 15.0 Å². The molecule has 0 saturated carbocycles. The van der Waals surface area contributed by atoms with E-state index < -0.39 is 16.2 Å². The molecule has 1 N–H and O–H groups in total. The maximum absolute atomic E-state index is 12.2. The lowest BCUT2D eigenvalue weighted by Gasteiger charge is -2.20. The van der Waals surface area contributed by atoms with Crippen LogP contribution in [0.25, 0.3) is 11.3 Å². The van der Waals surface area contributed by atoms with Crippen LogP contribution in [0.1, 0.15) is 22.5 Å². The van der Waals surface area contributed by atoms with Gasteiger partial charge in [0, 0.05) is 51.3 Å². The second-order valence-electron chi connectivity index (χ2n) is 6.67.